The van der Waals surface area contributed by atoms with Crippen LogP contribution in [0.15, 0.2) is 144 Å². The standard InChI is InChI=1S/C32H26N10/c33-31(39-23-13-5-1-6-14-23)41(25-17-9-3-10-18-25)29-27-28(36-21-37-29)30(38-22-35-27)42(26-19-11-4-12-20-26)32(34)40-24-15-7-2-8-16-24/h1-22H,(H2,33,39)(H2,34,40). The largest absolute Gasteiger partial charge is 0.369 e. The van der Waals surface area contributed by atoms with Crippen molar-refractivity contribution in [3.63, 3.8) is 0 Å². The van der Waals surface area contributed by atoms with Gasteiger partial charge in [0.1, 0.15) is 23.7 Å². The molecule has 0 amide bonds. The van der Waals surface area contributed by atoms with Crippen molar-refractivity contribution in [2.75, 3.05) is 9.80 Å². The molecule has 204 valence electrons. The maximum Gasteiger partial charge on any atom is 0.207 e. The van der Waals surface area contributed by atoms with E-state index in [1.807, 2.05) is 121 Å². The average molecular weight is 551 g/mol. The van der Waals surface area contributed by atoms with Gasteiger partial charge >= 0.3 is 0 Å². The molecule has 10 nitrogen and oxygen atoms in total. The molecule has 0 atom stereocenters. The third-order valence-corrected chi connectivity index (χ3v) is 6.29. The summed E-state index contributed by atoms with van der Waals surface area (Å²) in [7, 11) is 0. The van der Waals surface area contributed by atoms with Gasteiger partial charge < -0.3 is 11.5 Å². The summed E-state index contributed by atoms with van der Waals surface area (Å²) >= 11 is 0. The topological polar surface area (TPSA) is 135 Å². The first-order valence-corrected chi connectivity index (χ1v) is 13.1. The van der Waals surface area contributed by atoms with Crippen molar-refractivity contribution in [3.05, 3.63) is 134 Å². The van der Waals surface area contributed by atoms with Crippen molar-refractivity contribution in [2.45, 2.75) is 0 Å². The molecule has 4 aromatic carbocycles. The highest BCUT2D eigenvalue weighted by molar-refractivity contribution is 6.11. The van der Waals surface area contributed by atoms with Gasteiger partial charge in [-0.1, -0.05) is 72.8 Å². The number of guanidine groups is 2. The van der Waals surface area contributed by atoms with E-state index in [4.69, 9.17) is 11.5 Å². The molecular weight excluding hydrogens is 524 g/mol. The number of hydrogen-bond acceptors (Lipinski definition) is 6. The zero-order chi connectivity index (χ0) is 28.7. The Morgan fingerprint density at radius 3 is 1.14 bits per heavy atom. The van der Waals surface area contributed by atoms with Gasteiger partial charge in [-0.05, 0) is 48.5 Å². The van der Waals surface area contributed by atoms with Crippen LogP contribution in [0.2, 0.25) is 0 Å². The molecule has 0 aliphatic heterocycles. The van der Waals surface area contributed by atoms with Crippen LogP contribution in [0.1, 0.15) is 0 Å². The van der Waals surface area contributed by atoms with Gasteiger partial charge in [-0.3, -0.25) is 9.80 Å². The molecule has 6 aromatic rings. The minimum absolute atomic E-state index is 0.206. The van der Waals surface area contributed by atoms with Crippen molar-refractivity contribution in [1.29, 1.82) is 0 Å². The molecule has 0 unspecified atom stereocenters. The number of aromatic nitrogens is 4. The van der Waals surface area contributed by atoms with Gasteiger partial charge in [0.05, 0.1) is 22.7 Å². The lowest BCUT2D eigenvalue weighted by Gasteiger charge is -2.26. The number of nitrogens with zero attached hydrogens (tertiary/aromatic N) is 8. The smallest absolute Gasteiger partial charge is 0.207 e. The summed E-state index contributed by atoms with van der Waals surface area (Å²) in [6.07, 6.45) is 2.90. The summed E-state index contributed by atoms with van der Waals surface area (Å²) in [5, 5.41) is 0. The highest BCUT2D eigenvalue weighted by atomic mass is 15.3. The fourth-order valence-electron chi connectivity index (χ4n) is 4.43. The highest BCUT2D eigenvalue weighted by Gasteiger charge is 2.24. The Bertz CT molecular complexity index is 1710. The highest BCUT2D eigenvalue weighted by Crippen LogP contribution is 2.34. The lowest BCUT2D eigenvalue weighted by atomic mass is 10.2. The molecule has 0 spiro atoms. The second kappa shape index (κ2) is 11.9. The fourth-order valence-corrected chi connectivity index (χ4v) is 4.43. The minimum Gasteiger partial charge on any atom is -0.369 e. The van der Waals surface area contributed by atoms with Crippen LogP contribution in [0.5, 0.6) is 0 Å². The van der Waals surface area contributed by atoms with Crippen LogP contribution in [-0.2, 0) is 0 Å². The van der Waals surface area contributed by atoms with E-state index in [-0.39, 0.29) is 11.9 Å². The molecular formula is C32H26N10. The van der Waals surface area contributed by atoms with Gasteiger partial charge in [0, 0.05) is 0 Å². The van der Waals surface area contributed by atoms with E-state index in [2.05, 4.69) is 29.9 Å². The summed E-state index contributed by atoms with van der Waals surface area (Å²) in [5.41, 5.74) is 17.1. The molecule has 0 saturated heterocycles. The predicted octanol–water partition coefficient (Wildman–Crippen LogP) is 5.99. The molecule has 6 rings (SSSR count). The van der Waals surface area contributed by atoms with Gasteiger partial charge in [0.15, 0.2) is 11.6 Å². The number of anilines is 4. The first-order valence-electron chi connectivity index (χ1n) is 13.1. The van der Waals surface area contributed by atoms with E-state index in [1.54, 1.807) is 9.80 Å². The zero-order valence-electron chi connectivity index (χ0n) is 22.4. The lowest BCUT2D eigenvalue weighted by Crippen LogP contribution is -2.35. The van der Waals surface area contributed by atoms with Crippen molar-refractivity contribution in [3.8, 4) is 0 Å². The molecule has 2 heterocycles. The molecule has 0 saturated carbocycles. The van der Waals surface area contributed by atoms with Gasteiger partial charge in [0.2, 0.25) is 11.9 Å². The van der Waals surface area contributed by atoms with Crippen LogP contribution in [0.4, 0.5) is 34.4 Å². The molecule has 42 heavy (non-hydrogen) atoms. The SMILES string of the molecule is NC(=Nc1ccccc1)N(c1ccccc1)c1ncnc2c(N(C(N)=Nc3ccccc3)c3ccccc3)ncnc12. The monoisotopic (exact) mass is 550 g/mol. The summed E-state index contributed by atoms with van der Waals surface area (Å²) < 4.78 is 0. The Hall–Kier alpha value is -6.16. The number of aliphatic imine (C=N–C) groups is 2. The maximum absolute atomic E-state index is 6.65. The Balaban J connectivity index is 1.54. The zero-order valence-corrected chi connectivity index (χ0v) is 22.4. The lowest BCUT2D eigenvalue weighted by molar-refractivity contribution is 1.09. The number of rotatable bonds is 6. The molecule has 0 fully saturated rings. The second-order valence-corrected chi connectivity index (χ2v) is 9.04. The fraction of sp³-hybridized carbons (Fsp3) is 0. The van der Waals surface area contributed by atoms with E-state index in [0.717, 1.165) is 11.4 Å². The minimum atomic E-state index is 0.206. The van der Waals surface area contributed by atoms with E-state index >= 15 is 0 Å². The first-order chi connectivity index (χ1) is 20.7. The summed E-state index contributed by atoms with van der Waals surface area (Å²) in [6.45, 7) is 0. The molecule has 0 bridgehead atoms. The molecule has 4 N–H and O–H groups in total. The van der Waals surface area contributed by atoms with E-state index in [0.29, 0.717) is 34.0 Å². The first kappa shape index (κ1) is 26.1. The number of hydrogen-bond donors (Lipinski definition) is 2. The maximum atomic E-state index is 6.65. The Morgan fingerprint density at radius 2 is 0.786 bits per heavy atom. The van der Waals surface area contributed by atoms with Gasteiger partial charge in [-0.15, -0.1) is 0 Å². The normalized spacial score (nSPS) is 11.8. The van der Waals surface area contributed by atoms with E-state index in [9.17, 15) is 0 Å². The number of nitrogens with two attached hydrogens (primary N) is 2. The van der Waals surface area contributed by atoms with Crippen LogP contribution in [0, 0.1) is 0 Å². The predicted molar refractivity (Wildman–Crippen MR) is 168 cm³/mol. The van der Waals surface area contributed by atoms with E-state index < -0.39 is 0 Å². The molecule has 0 aliphatic rings. The molecule has 2 aromatic heterocycles. The quantitative estimate of drug-likeness (QED) is 0.191. The summed E-state index contributed by atoms with van der Waals surface area (Å²) in [6, 6.07) is 38.2. The van der Waals surface area contributed by atoms with Gasteiger partial charge in [0.25, 0.3) is 0 Å². The van der Waals surface area contributed by atoms with Crippen molar-refractivity contribution < 1.29 is 0 Å². The van der Waals surface area contributed by atoms with Crippen LogP contribution < -0.4 is 21.3 Å². The van der Waals surface area contributed by atoms with Crippen molar-refractivity contribution >= 4 is 57.3 Å². The number of benzene rings is 4. The third-order valence-electron chi connectivity index (χ3n) is 6.29. The third kappa shape index (κ3) is 5.45. The van der Waals surface area contributed by atoms with Crippen molar-refractivity contribution in [1.82, 2.24) is 19.9 Å². The van der Waals surface area contributed by atoms with Crippen molar-refractivity contribution in [2.24, 2.45) is 21.5 Å². The Morgan fingerprint density at radius 1 is 0.452 bits per heavy atom. The van der Waals surface area contributed by atoms with Gasteiger partial charge in [-0.25, -0.2) is 29.9 Å². The number of para-hydroxylation sites is 4. The number of fused-ring (bicyclic) bond motifs is 1. The van der Waals surface area contributed by atoms with Crippen LogP contribution in [-0.4, -0.2) is 31.9 Å². The Kier molecular flexibility index (Phi) is 7.41. The molecule has 0 aliphatic carbocycles. The van der Waals surface area contributed by atoms with Gasteiger partial charge in [-0.2, -0.15) is 0 Å². The molecule has 10 heteroatoms. The van der Waals surface area contributed by atoms with Crippen LogP contribution in [0.3, 0.4) is 0 Å². The average Bonchev–Trinajstić information content (AvgIpc) is 3.04. The van der Waals surface area contributed by atoms with E-state index in [1.165, 1.54) is 12.7 Å². The van der Waals surface area contributed by atoms with Crippen LogP contribution >= 0.6 is 0 Å². The Labute approximate surface area is 242 Å². The molecule has 0 radical (unpaired) electrons. The summed E-state index contributed by atoms with van der Waals surface area (Å²) in [4.78, 5) is 31.2. The van der Waals surface area contributed by atoms with Crippen LogP contribution in [0.25, 0.3) is 11.0 Å². The second-order valence-electron chi connectivity index (χ2n) is 9.04. The summed E-state index contributed by atoms with van der Waals surface area (Å²) in [5.74, 6) is 1.27.